The molecule has 0 N–H and O–H groups in total. The normalized spacial score (nSPS) is 13.7. The minimum absolute atomic E-state index is 0.151. The van der Waals surface area contributed by atoms with Gasteiger partial charge in [0.1, 0.15) is 5.75 Å². The second kappa shape index (κ2) is 6.42. The topological polar surface area (TPSA) is 29.5 Å². The standard InChI is InChI=1S/C18H17Cl2NO2/c1-11-5-8-16(23-2)17-13(11)4-3-9-21(17)18(22)14-10-12(19)6-7-15(14)20/h5-8,10H,3-4,9H2,1-2H3. The van der Waals surface area contributed by atoms with Gasteiger partial charge in [0.15, 0.2) is 0 Å². The second-order valence-corrected chi connectivity index (χ2v) is 6.44. The van der Waals surface area contributed by atoms with Gasteiger partial charge in [0.25, 0.3) is 5.91 Å². The fraction of sp³-hybridized carbons (Fsp3) is 0.278. The summed E-state index contributed by atoms with van der Waals surface area (Å²) in [4.78, 5) is 14.8. The van der Waals surface area contributed by atoms with E-state index >= 15 is 0 Å². The molecule has 3 nitrogen and oxygen atoms in total. The summed E-state index contributed by atoms with van der Waals surface area (Å²) >= 11 is 12.2. The minimum Gasteiger partial charge on any atom is -0.495 e. The average Bonchev–Trinajstić information content (AvgIpc) is 2.56. The summed E-state index contributed by atoms with van der Waals surface area (Å²) < 4.78 is 5.48. The van der Waals surface area contributed by atoms with Crippen LogP contribution in [0.2, 0.25) is 10.0 Å². The van der Waals surface area contributed by atoms with Gasteiger partial charge in [0.05, 0.1) is 23.4 Å². The van der Waals surface area contributed by atoms with Crippen molar-refractivity contribution in [1.82, 2.24) is 0 Å². The number of anilines is 1. The Morgan fingerprint density at radius 1 is 1.22 bits per heavy atom. The second-order valence-electron chi connectivity index (χ2n) is 5.60. The van der Waals surface area contributed by atoms with Crippen LogP contribution >= 0.6 is 23.2 Å². The number of fused-ring (bicyclic) bond motifs is 1. The van der Waals surface area contributed by atoms with E-state index in [9.17, 15) is 4.79 Å². The van der Waals surface area contributed by atoms with Gasteiger partial charge in [0, 0.05) is 11.6 Å². The van der Waals surface area contributed by atoms with E-state index in [1.807, 2.05) is 12.1 Å². The largest absolute Gasteiger partial charge is 0.495 e. The van der Waals surface area contributed by atoms with Crippen LogP contribution in [0.1, 0.15) is 27.9 Å². The lowest BCUT2D eigenvalue weighted by atomic mass is 9.95. The van der Waals surface area contributed by atoms with Gasteiger partial charge in [-0.3, -0.25) is 4.79 Å². The van der Waals surface area contributed by atoms with Gasteiger partial charge in [0.2, 0.25) is 0 Å². The Hall–Kier alpha value is -1.71. The minimum atomic E-state index is -0.151. The third kappa shape index (κ3) is 2.91. The highest BCUT2D eigenvalue weighted by molar-refractivity contribution is 6.36. The molecule has 1 aliphatic heterocycles. The van der Waals surface area contributed by atoms with E-state index in [1.54, 1.807) is 30.2 Å². The van der Waals surface area contributed by atoms with E-state index in [-0.39, 0.29) is 5.91 Å². The SMILES string of the molecule is COc1ccc(C)c2c1N(C(=O)c1cc(Cl)ccc1Cl)CCC2. The molecule has 1 heterocycles. The molecule has 0 radical (unpaired) electrons. The van der Waals surface area contributed by atoms with Gasteiger partial charge in [-0.1, -0.05) is 29.3 Å². The number of benzene rings is 2. The molecule has 0 saturated carbocycles. The highest BCUT2D eigenvalue weighted by atomic mass is 35.5. The molecule has 0 unspecified atom stereocenters. The molecule has 1 aliphatic rings. The van der Waals surface area contributed by atoms with Crippen LogP contribution < -0.4 is 9.64 Å². The number of amides is 1. The number of aryl methyl sites for hydroxylation is 1. The predicted molar refractivity (Wildman–Crippen MR) is 94.2 cm³/mol. The van der Waals surface area contributed by atoms with Crippen molar-refractivity contribution in [2.75, 3.05) is 18.6 Å². The van der Waals surface area contributed by atoms with E-state index in [0.29, 0.717) is 27.9 Å². The lowest BCUT2D eigenvalue weighted by Crippen LogP contribution is -2.36. The molecular weight excluding hydrogens is 333 g/mol. The highest BCUT2D eigenvalue weighted by Crippen LogP contribution is 2.39. The van der Waals surface area contributed by atoms with Gasteiger partial charge >= 0.3 is 0 Å². The fourth-order valence-corrected chi connectivity index (χ4v) is 3.40. The summed E-state index contributed by atoms with van der Waals surface area (Å²) in [6, 6.07) is 8.87. The van der Waals surface area contributed by atoms with Gasteiger partial charge in [-0.15, -0.1) is 0 Å². The van der Waals surface area contributed by atoms with E-state index < -0.39 is 0 Å². The molecule has 2 aromatic carbocycles. The first-order chi connectivity index (χ1) is 11.0. The Labute approximate surface area is 145 Å². The maximum Gasteiger partial charge on any atom is 0.259 e. The first kappa shape index (κ1) is 16.2. The van der Waals surface area contributed by atoms with Crippen molar-refractivity contribution in [3.63, 3.8) is 0 Å². The summed E-state index contributed by atoms with van der Waals surface area (Å²) in [5, 5.41) is 0.893. The van der Waals surface area contributed by atoms with Gasteiger partial charge < -0.3 is 9.64 Å². The molecule has 120 valence electrons. The molecule has 23 heavy (non-hydrogen) atoms. The third-order valence-corrected chi connectivity index (χ3v) is 4.75. The van der Waals surface area contributed by atoms with Crippen LogP contribution in [0.4, 0.5) is 5.69 Å². The molecule has 3 rings (SSSR count). The molecule has 0 bridgehead atoms. The highest BCUT2D eigenvalue weighted by Gasteiger charge is 2.29. The van der Waals surface area contributed by atoms with Crippen LogP contribution in [-0.2, 0) is 6.42 Å². The molecule has 0 aliphatic carbocycles. The molecule has 5 heteroatoms. The number of carbonyl (C=O) groups is 1. The molecule has 0 saturated heterocycles. The number of halogens is 2. The average molecular weight is 350 g/mol. The molecule has 2 aromatic rings. The first-order valence-corrected chi connectivity index (χ1v) is 8.22. The quantitative estimate of drug-likeness (QED) is 0.771. The van der Waals surface area contributed by atoms with Gasteiger partial charge in [-0.05, 0) is 55.2 Å². The van der Waals surface area contributed by atoms with Crippen molar-refractivity contribution in [1.29, 1.82) is 0 Å². The summed E-state index contributed by atoms with van der Waals surface area (Å²) in [6.07, 6.45) is 1.84. The number of hydrogen-bond acceptors (Lipinski definition) is 2. The zero-order valence-corrected chi connectivity index (χ0v) is 14.5. The number of hydrogen-bond donors (Lipinski definition) is 0. The predicted octanol–water partition coefficient (Wildman–Crippen LogP) is 4.90. The van der Waals surface area contributed by atoms with Crippen LogP contribution in [0, 0.1) is 6.92 Å². The van der Waals surface area contributed by atoms with Crippen molar-refractivity contribution in [3.05, 3.63) is 57.1 Å². The van der Waals surface area contributed by atoms with Gasteiger partial charge in [-0.25, -0.2) is 0 Å². The summed E-state index contributed by atoms with van der Waals surface area (Å²) in [7, 11) is 1.62. The molecule has 1 amide bonds. The summed E-state index contributed by atoms with van der Waals surface area (Å²) in [5.74, 6) is 0.555. The first-order valence-electron chi connectivity index (χ1n) is 7.46. The van der Waals surface area contributed by atoms with Crippen molar-refractivity contribution in [2.45, 2.75) is 19.8 Å². The number of ether oxygens (including phenoxy) is 1. The fourth-order valence-electron chi connectivity index (χ4n) is 3.03. The smallest absolute Gasteiger partial charge is 0.259 e. The molecule has 0 aromatic heterocycles. The molecule has 0 spiro atoms. The Kier molecular flexibility index (Phi) is 4.51. The number of rotatable bonds is 2. The Balaban J connectivity index is 2.11. The Morgan fingerprint density at radius 2 is 2.00 bits per heavy atom. The summed E-state index contributed by atoms with van der Waals surface area (Å²) in [6.45, 7) is 2.69. The van der Waals surface area contributed by atoms with Crippen molar-refractivity contribution < 1.29 is 9.53 Å². The van der Waals surface area contributed by atoms with Crippen LogP contribution in [0.3, 0.4) is 0 Å². The van der Waals surface area contributed by atoms with E-state index in [4.69, 9.17) is 27.9 Å². The Morgan fingerprint density at radius 3 is 2.74 bits per heavy atom. The van der Waals surface area contributed by atoms with E-state index in [1.165, 1.54) is 0 Å². The number of methoxy groups -OCH3 is 1. The lowest BCUT2D eigenvalue weighted by Gasteiger charge is -2.32. The molecule has 0 atom stereocenters. The number of nitrogens with zero attached hydrogens (tertiary/aromatic N) is 1. The lowest BCUT2D eigenvalue weighted by molar-refractivity contribution is 0.0984. The zero-order chi connectivity index (χ0) is 16.6. The van der Waals surface area contributed by atoms with Crippen LogP contribution in [0.15, 0.2) is 30.3 Å². The van der Waals surface area contributed by atoms with Crippen molar-refractivity contribution in [3.8, 4) is 5.75 Å². The molecule has 0 fully saturated rings. The third-order valence-electron chi connectivity index (χ3n) is 4.18. The van der Waals surface area contributed by atoms with Gasteiger partial charge in [-0.2, -0.15) is 0 Å². The monoisotopic (exact) mass is 349 g/mol. The van der Waals surface area contributed by atoms with Crippen LogP contribution in [0.5, 0.6) is 5.75 Å². The van der Waals surface area contributed by atoms with E-state index in [0.717, 1.165) is 29.7 Å². The van der Waals surface area contributed by atoms with E-state index in [2.05, 4.69) is 6.92 Å². The zero-order valence-electron chi connectivity index (χ0n) is 13.0. The maximum atomic E-state index is 13.0. The summed E-state index contributed by atoms with van der Waals surface area (Å²) in [5.41, 5.74) is 3.58. The number of carbonyl (C=O) groups excluding carboxylic acids is 1. The molecular formula is C18H17Cl2NO2. The Bertz CT molecular complexity index is 774. The van der Waals surface area contributed by atoms with Crippen LogP contribution in [-0.4, -0.2) is 19.6 Å². The maximum absolute atomic E-state index is 13.0. The van der Waals surface area contributed by atoms with Crippen molar-refractivity contribution in [2.24, 2.45) is 0 Å². The van der Waals surface area contributed by atoms with Crippen LogP contribution in [0.25, 0.3) is 0 Å². The van der Waals surface area contributed by atoms with Crippen molar-refractivity contribution >= 4 is 34.8 Å².